The van der Waals surface area contributed by atoms with E-state index in [0.717, 1.165) is 12.5 Å². The molecule has 1 unspecified atom stereocenters. The molecule has 0 bridgehead atoms. The zero-order valence-electron chi connectivity index (χ0n) is 16.5. The number of hydrogen-bond donors (Lipinski definition) is 0. The average molecular weight is 393 g/mol. The van der Waals surface area contributed by atoms with Gasteiger partial charge in [-0.15, -0.1) is 0 Å². The monoisotopic (exact) mass is 392 g/mol. The van der Waals surface area contributed by atoms with Crippen LogP contribution in [-0.4, -0.2) is 45.6 Å². The number of rotatable bonds is 10. The van der Waals surface area contributed by atoms with Crippen molar-refractivity contribution in [3.8, 4) is 0 Å². The van der Waals surface area contributed by atoms with Gasteiger partial charge in [-0.2, -0.15) is 0 Å². The van der Waals surface area contributed by atoms with Crippen LogP contribution in [0.15, 0.2) is 12.2 Å². The molecular formula is C15H36O4Si4. The number of carbonyl (C=O) groups is 1. The highest BCUT2D eigenvalue weighted by atomic mass is 29.3. The van der Waals surface area contributed by atoms with E-state index >= 15 is 0 Å². The molecule has 0 radical (unpaired) electrons. The third-order valence-electron chi connectivity index (χ3n) is 3.03. The molecule has 0 fully saturated rings. The van der Waals surface area contributed by atoms with Gasteiger partial charge in [0.25, 0.3) is 0 Å². The van der Waals surface area contributed by atoms with E-state index in [1.165, 1.54) is 0 Å². The Kier molecular flexibility index (Phi) is 8.91. The summed E-state index contributed by atoms with van der Waals surface area (Å²) in [6.45, 7) is 23.8. The molecule has 0 rings (SSSR count). The first-order valence-corrected chi connectivity index (χ1v) is 21.2. The molecule has 23 heavy (non-hydrogen) atoms. The first-order chi connectivity index (χ1) is 10.1. The van der Waals surface area contributed by atoms with E-state index in [2.05, 4.69) is 59.0 Å². The largest absolute Gasteiger partial charge is 0.462 e. The van der Waals surface area contributed by atoms with Crippen LogP contribution < -0.4 is 0 Å². The van der Waals surface area contributed by atoms with Crippen molar-refractivity contribution >= 4 is 39.0 Å². The Labute approximate surface area is 147 Å². The fraction of sp³-hybridized carbons (Fsp3) is 0.800. The average Bonchev–Trinajstić information content (AvgIpc) is 2.27. The molecular weight excluding hydrogens is 357 g/mol. The lowest BCUT2D eigenvalue weighted by atomic mass is 10.4. The molecule has 136 valence electrons. The molecule has 0 aromatic carbocycles. The Morgan fingerprint density at radius 3 is 1.91 bits per heavy atom. The lowest BCUT2D eigenvalue weighted by Crippen LogP contribution is -2.58. The summed E-state index contributed by atoms with van der Waals surface area (Å²) in [4.78, 5) is 11.5. The van der Waals surface area contributed by atoms with Crippen LogP contribution in [0.4, 0.5) is 0 Å². The second kappa shape index (κ2) is 8.91. The minimum Gasteiger partial charge on any atom is -0.462 e. The topological polar surface area (TPSA) is 44.8 Å². The van der Waals surface area contributed by atoms with E-state index in [9.17, 15) is 4.79 Å². The van der Waals surface area contributed by atoms with Gasteiger partial charge >= 0.3 is 5.97 Å². The molecule has 0 heterocycles. The van der Waals surface area contributed by atoms with E-state index in [1.54, 1.807) is 6.92 Å². The molecule has 0 aliphatic rings. The van der Waals surface area contributed by atoms with Crippen molar-refractivity contribution in [1.82, 2.24) is 0 Å². The maximum absolute atomic E-state index is 11.5. The summed E-state index contributed by atoms with van der Waals surface area (Å²) in [5, 5.41) is 0. The van der Waals surface area contributed by atoms with Crippen molar-refractivity contribution in [2.24, 2.45) is 0 Å². The molecule has 0 aliphatic heterocycles. The third kappa shape index (κ3) is 11.2. The Bertz CT molecular complexity index is 411. The van der Waals surface area contributed by atoms with Gasteiger partial charge in [0.2, 0.25) is 0 Å². The normalized spacial score (nSPS) is 14.5. The van der Waals surface area contributed by atoms with Crippen LogP contribution in [0, 0.1) is 0 Å². The summed E-state index contributed by atoms with van der Waals surface area (Å²) >= 11 is 0. The summed E-state index contributed by atoms with van der Waals surface area (Å²) in [6, 6.07) is 1.01. The first kappa shape index (κ1) is 23.0. The van der Waals surface area contributed by atoms with Crippen LogP contribution in [-0.2, 0) is 17.8 Å². The maximum atomic E-state index is 11.5. The lowest BCUT2D eigenvalue weighted by molar-refractivity contribution is -0.138. The van der Waals surface area contributed by atoms with Crippen LogP contribution in [0.2, 0.25) is 58.4 Å². The van der Waals surface area contributed by atoms with Crippen LogP contribution in [0.5, 0.6) is 0 Å². The molecule has 0 saturated carbocycles. The Morgan fingerprint density at radius 2 is 1.52 bits per heavy atom. The SMILES string of the molecule is C=C(C)C(=O)OCCC[SiH](O[Si](C)(C)C)[Si](C)(C)O[Si](C)(C)C. The Morgan fingerprint density at radius 1 is 1.00 bits per heavy atom. The summed E-state index contributed by atoms with van der Waals surface area (Å²) in [5.74, 6) is -0.302. The van der Waals surface area contributed by atoms with E-state index in [1.807, 2.05) is 0 Å². The highest BCUT2D eigenvalue weighted by molar-refractivity contribution is 7.29. The zero-order valence-corrected chi connectivity index (χ0v) is 20.7. The van der Waals surface area contributed by atoms with Gasteiger partial charge in [0.05, 0.1) is 6.61 Å². The van der Waals surface area contributed by atoms with Crippen LogP contribution in [0.1, 0.15) is 13.3 Å². The molecule has 4 nitrogen and oxygen atoms in total. The van der Waals surface area contributed by atoms with Gasteiger partial charge in [0.1, 0.15) is 0 Å². The van der Waals surface area contributed by atoms with Crippen LogP contribution >= 0.6 is 0 Å². The summed E-state index contributed by atoms with van der Waals surface area (Å²) in [7, 11) is -6.45. The summed E-state index contributed by atoms with van der Waals surface area (Å²) in [6.07, 6.45) is 0.853. The van der Waals surface area contributed by atoms with Crippen molar-refractivity contribution in [2.45, 2.75) is 71.8 Å². The first-order valence-electron chi connectivity index (χ1n) is 8.35. The molecule has 1 atom stereocenters. The quantitative estimate of drug-likeness (QED) is 0.242. The molecule has 0 aliphatic carbocycles. The van der Waals surface area contributed by atoms with Gasteiger partial charge in [-0.05, 0) is 71.8 Å². The standard InChI is InChI=1S/C15H36O4Si4/c1-14(2)15(16)17-12-11-13-20(18-21(3,4)5)23(9,10)19-22(6,7)8/h20H,1,11-13H2,2-10H3. The highest BCUT2D eigenvalue weighted by Crippen LogP contribution is 2.23. The second-order valence-corrected chi connectivity index (χ2v) is 29.7. The van der Waals surface area contributed by atoms with E-state index in [4.69, 9.17) is 13.0 Å². The van der Waals surface area contributed by atoms with Gasteiger partial charge < -0.3 is 13.0 Å². The maximum Gasteiger partial charge on any atom is 0.333 e. The van der Waals surface area contributed by atoms with E-state index < -0.39 is 33.0 Å². The fourth-order valence-corrected chi connectivity index (χ4v) is 28.3. The molecule has 8 heteroatoms. The summed E-state index contributed by atoms with van der Waals surface area (Å²) < 4.78 is 18.4. The molecule has 0 N–H and O–H groups in total. The summed E-state index contributed by atoms with van der Waals surface area (Å²) in [5.41, 5.74) is 0.453. The minimum atomic E-state index is -1.82. The predicted octanol–water partition coefficient (Wildman–Crippen LogP) is 4.21. The number of carbonyl (C=O) groups excluding carboxylic acids is 1. The predicted molar refractivity (Wildman–Crippen MR) is 109 cm³/mol. The fourth-order valence-electron chi connectivity index (χ4n) is 2.39. The molecule has 0 aromatic rings. The van der Waals surface area contributed by atoms with Gasteiger partial charge in [0.15, 0.2) is 33.0 Å². The van der Waals surface area contributed by atoms with Gasteiger partial charge in [-0.3, -0.25) is 0 Å². The van der Waals surface area contributed by atoms with Gasteiger partial charge in [-0.25, -0.2) is 4.79 Å². The van der Waals surface area contributed by atoms with Crippen molar-refractivity contribution in [3.63, 3.8) is 0 Å². The number of esters is 1. The van der Waals surface area contributed by atoms with E-state index in [-0.39, 0.29) is 5.97 Å². The van der Waals surface area contributed by atoms with Gasteiger partial charge in [0, 0.05) is 5.57 Å². The molecule has 0 saturated heterocycles. The van der Waals surface area contributed by atoms with E-state index in [0.29, 0.717) is 12.2 Å². The molecule has 0 spiro atoms. The zero-order chi connectivity index (χ0) is 18.5. The van der Waals surface area contributed by atoms with Crippen molar-refractivity contribution in [2.75, 3.05) is 6.61 Å². The van der Waals surface area contributed by atoms with Crippen molar-refractivity contribution in [1.29, 1.82) is 0 Å². The highest BCUT2D eigenvalue weighted by Gasteiger charge is 2.41. The molecule has 0 amide bonds. The van der Waals surface area contributed by atoms with Crippen molar-refractivity contribution in [3.05, 3.63) is 12.2 Å². The lowest BCUT2D eigenvalue weighted by Gasteiger charge is -2.39. The second-order valence-electron chi connectivity index (χ2n) is 8.60. The minimum absolute atomic E-state index is 0.302. The Hall–Kier alpha value is -0.00247. The molecule has 0 aromatic heterocycles. The van der Waals surface area contributed by atoms with Crippen molar-refractivity contribution < 1.29 is 17.8 Å². The van der Waals surface area contributed by atoms with Gasteiger partial charge in [-0.1, -0.05) is 6.58 Å². The number of hydrogen-bond acceptors (Lipinski definition) is 4. The number of ether oxygens (including phenoxy) is 1. The van der Waals surface area contributed by atoms with Crippen LogP contribution in [0.25, 0.3) is 0 Å². The Balaban J connectivity index is 4.76. The third-order valence-corrected chi connectivity index (χ3v) is 21.7. The van der Waals surface area contributed by atoms with Crippen LogP contribution in [0.3, 0.4) is 0 Å². The smallest absolute Gasteiger partial charge is 0.333 e.